The fourth-order valence-corrected chi connectivity index (χ4v) is 3.43. The van der Waals surface area contributed by atoms with Gasteiger partial charge in [0.25, 0.3) is 0 Å². The van der Waals surface area contributed by atoms with E-state index in [4.69, 9.17) is 0 Å². The van der Waals surface area contributed by atoms with Crippen molar-refractivity contribution in [2.24, 2.45) is 29.1 Å². The summed E-state index contributed by atoms with van der Waals surface area (Å²) in [6, 6.07) is 0. The first-order chi connectivity index (χ1) is 6.40. The van der Waals surface area contributed by atoms with Gasteiger partial charge in [-0.3, -0.25) is 0 Å². The van der Waals surface area contributed by atoms with Gasteiger partial charge in [0.05, 0.1) is 0 Å². The Balaban J connectivity index is 2.75. The highest BCUT2D eigenvalue weighted by Gasteiger charge is 2.44. The Labute approximate surface area is 90.5 Å². The van der Waals surface area contributed by atoms with Crippen LogP contribution < -0.4 is 0 Å². The number of rotatable bonds is 3. The summed E-state index contributed by atoms with van der Waals surface area (Å²) in [7, 11) is 0. The average molecular weight is 196 g/mol. The van der Waals surface area contributed by atoms with Crippen LogP contribution >= 0.6 is 0 Å². The second kappa shape index (κ2) is 4.24. The van der Waals surface area contributed by atoms with Crippen LogP contribution in [0, 0.1) is 29.1 Å². The van der Waals surface area contributed by atoms with Crippen molar-refractivity contribution in [2.45, 2.75) is 60.8 Å². The van der Waals surface area contributed by atoms with Crippen molar-refractivity contribution >= 4 is 0 Å². The minimum absolute atomic E-state index is 0.648. The Morgan fingerprint density at radius 2 is 1.43 bits per heavy atom. The van der Waals surface area contributed by atoms with Gasteiger partial charge in [-0.25, -0.2) is 0 Å². The van der Waals surface area contributed by atoms with Gasteiger partial charge in [0.1, 0.15) is 0 Å². The third-order valence-corrected chi connectivity index (χ3v) is 4.87. The molecule has 0 heteroatoms. The average Bonchev–Trinajstić information content (AvgIpc) is 2.48. The summed E-state index contributed by atoms with van der Waals surface area (Å²) < 4.78 is 0. The highest BCUT2D eigenvalue weighted by molar-refractivity contribution is 4.93. The van der Waals surface area contributed by atoms with Crippen LogP contribution in [0.4, 0.5) is 0 Å². The van der Waals surface area contributed by atoms with Crippen molar-refractivity contribution in [3.05, 3.63) is 0 Å². The Hall–Kier alpha value is 0. The van der Waals surface area contributed by atoms with Gasteiger partial charge in [-0.1, -0.05) is 41.5 Å². The maximum absolute atomic E-state index is 2.42. The van der Waals surface area contributed by atoms with Crippen LogP contribution in [0.5, 0.6) is 0 Å². The molecule has 0 aliphatic heterocycles. The first kappa shape index (κ1) is 12.1. The van der Waals surface area contributed by atoms with E-state index in [2.05, 4.69) is 41.5 Å². The molecule has 0 aromatic heterocycles. The molecule has 0 saturated heterocycles. The van der Waals surface area contributed by atoms with E-state index in [1.165, 1.54) is 19.3 Å². The molecule has 1 saturated carbocycles. The van der Waals surface area contributed by atoms with Crippen LogP contribution in [0.3, 0.4) is 0 Å². The molecule has 1 rings (SSSR count). The molecule has 0 radical (unpaired) electrons. The first-order valence-corrected chi connectivity index (χ1v) is 6.40. The molecule has 0 heterocycles. The van der Waals surface area contributed by atoms with Crippen LogP contribution in [0.1, 0.15) is 60.8 Å². The molecule has 0 aromatic carbocycles. The Bertz CT molecular complexity index is 168. The van der Waals surface area contributed by atoms with Crippen molar-refractivity contribution in [2.75, 3.05) is 0 Å². The van der Waals surface area contributed by atoms with Gasteiger partial charge in [-0.15, -0.1) is 0 Å². The quantitative estimate of drug-likeness (QED) is 0.611. The molecule has 84 valence electrons. The zero-order valence-electron chi connectivity index (χ0n) is 10.9. The topological polar surface area (TPSA) is 0 Å². The monoisotopic (exact) mass is 196 g/mol. The van der Waals surface area contributed by atoms with Gasteiger partial charge < -0.3 is 0 Å². The normalized spacial score (nSPS) is 26.8. The molecule has 1 aliphatic carbocycles. The van der Waals surface area contributed by atoms with Crippen LogP contribution in [0.2, 0.25) is 0 Å². The minimum Gasteiger partial charge on any atom is -0.0625 e. The molecule has 1 aliphatic rings. The first-order valence-electron chi connectivity index (χ1n) is 6.40. The van der Waals surface area contributed by atoms with Crippen molar-refractivity contribution in [1.29, 1.82) is 0 Å². The van der Waals surface area contributed by atoms with Gasteiger partial charge in [-0.05, 0) is 48.3 Å². The van der Waals surface area contributed by atoms with E-state index >= 15 is 0 Å². The predicted octanol–water partition coefficient (Wildman–Crippen LogP) is 4.74. The van der Waals surface area contributed by atoms with E-state index in [9.17, 15) is 0 Å². The zero-order chi connectivity index (χ0) is 10.9. The Morgan fingerprint density at radius 3 is 1.64 bits per heavy atom. The summed E-state index contributed by atoms with van der Waals surface area (Å²) in [5, 5.41) is 0. The molecule has 1 atom stereocenters. The van der Waals surface area contributed by atoms with Crippen molar-refractivity contribution < 1.29 is 0 Å². The van der Waals surface area contributed by atoms with Gasteiger partial charge >= 0.3 is 0 Å². The molecule has 0 N–H and O–H groups in total. The number of hydrogen-bond acceptors (Lipinski definition) is 0. The summed E-state index contributed by atoms with van der Waals surface area (Å²) in [6.45, 7) is 14.5. The van der Waals surface area contributed by atoms with Gasteiger partial charge in [0, 0.05) is 0 Å². The molecule has 0 bridgehead atoms. The Morgan fingerprint density at radius 1 is 0.929 bits per heavy atom. The summed E-state index contributed by atoms with van der Waals surface area (Å²) in [6.07, 6.45) is 4.40. The lowest BCUT2D eigenvalue weighted by Gasteiger charge is -2.38. The largest absolute Gasteiger partial charge is 0.0625 e. The fraction of sp³-hybridized carbons (Fsp3) is 1.00. The zero-order valence-corrected chi connectivity index (χ0v) is 10.9. The highest BCUT2D eigenvalue weighted by Crippen LogP contribution is 2.53. The lowest BCUT2D eigenvalue weighted by Crippen LogP contribution is -2.30. The van der Waals surface area contributed by atoms with Crippen molar-refractivity contribution in [3.63, 3.8) is 0 Å². The lowest BCUT2D eigenvalue weighted by atomic mass is 9.67. The molecule has 0 aromatic rings. The smallest absolute Gasteiger partial charge is 0.0249 e. The van der Waals surface area contributed by atoms with E-state index < -0.39 is 0 Å². The van der Waals surface area contributed by atoms with Gasteiger partial charge in [0.15, 0.2) is 0 Å². The maximum Gasteiger partial charge on any atom is -0.0249 e. The Kier molecular flexibility index (Phi) is 3.66. The lowest BCUT2D eigenvalue weighted by molar-refractivity contribution is 0.110. The van der Waals surface area contributed by atoms with E-state index in [0.29, 0.717) is 5.41 Å². The van der Waals surface area contributed by atoms with E-state index in [1.807, 2.05) is 0 Å². The SMILES string of the molecule is CC(C)C1CCC(C(C)C)(C(C)C)C1. The molecule has 1 fully saturated rings. The van der Waals surface area contributed by atoms with E-state index in [0.717, 1.165) is 23.7 Å². The van der Waals surface area contributed by atoms with E-state index in [-0.39, 0.29) is 0 Å². The van der Waals surface area contributed by atoms with Crippen LogP contribution in [-0.2, 0) is 0 Å². The summed E-state index contributed by atoms with van der Waals surface area (Å²) >= 11 is 0. The van der Waals surface area contributed by atoms with E-state index in [1.54, 1.807) is 0 Å². The molecule has 14 heavy (non-hydrogen) atoms. The minimum atomic E-state index is 0.648. The second-order valence-corrected chi connectivity index (χ2v) is 6.29. The van der Waals surface area contributed by atoms with Gasteiger partial charge in [0.2, 0.25) is 0 Å². The summed E-state index contributed by atoms with van der Waals surface area (Å²) in [5.74, 6) is 3.58. The third kappa shape index (κ3) is 1.99. The molecule has 1 unspecified atom stereocenters. The molecular formula is C14H28. The van der Waals surface area contributed by atoms with Crippen molar-refractivity contribution in [1.82, 2.24) is 0 Å². The van der Waals surface area contributed by atoms with Crippen molar-refractivity contribution in [3.8, 4) is 0 Å². The maximum atomic E-state index is 2.42. The number of hydrogen-bond donors (Lipinski definition) is 0. The fourth-order valence-electron chi connectivity index (χ4n) is 3.43. The van der Waals surface area contributed by atoms with Gasteiger partial charge in [-0.2, -0.15) is 0 Å². The van der Waals surface area contributed by atoms with Crippen LogP contribution in [0.15, 0.2) is 0 Å². The highest BCUT2D eigenvalue weighted by atomic mass is 14.5. The molecule has 0 nitrogen and oxygen atoms in total. The molecule has 0 amide bonds. The third-order valence-electron chi connectivity index (χ3n) is 4.87. The molecular weight excluding hydrogens is 168 g/mol. The summed E-state index contributed by atoms with van der Waals surface area (Å²) in [5.41, 5.74) is 0.648. The summed E-state index contributed by atoms with van der Waals surface area (Å²) in [4.78, 5) is 0. The second-order valence-electron chi connectivity index (χ2n) is 6.29. The predicted molar refractivity (Wildman–Crippen MR) is 64.3 cm³/mol. The standard InChI is InChI=1S/C14H28/c1-10(2)13-7-8-14(9-13,11(3)4)12(5)6/h10-13H,7-9H2,1-6H3. The van der Waals surface area contributed by atoms with Crippen LogP contribution in [0.25, 0.3) is 0 Å². The molecule has 0 spiro atoms. The van der Waals surface area contributed by atoms with Crippen LogP contribution in [-0.4, -0.2) is 0 Å².